The molecule has 0 fully saturated rings. The number of rotatable bonds is 10. The zero-order valence-corrected chi connectivity index (χ0v) is 20.4. The lowest BCUT2D eigenvalue weighted by Gasteiger charge is -2.20. The molecular formula is C29H32N4O2. The molecule has 1 heterocycles. The summed E-state index contributed by atoms with van der Waals surface area (Å²) in [6.07, 6.45) is 0.880. The van der Waals surface area contributed by atoms with Gasteiger partial charge in [0, 0.05) is 26.1 Å². The van der Waals surface area contributed by atoms with Crippen molar-refractivity contribution >= 4 is 22.8 Å². The number of benzene rings is 3. The summed E-state index contributed by atoms with van der Waals surface area (Å²) in [7, 11) is 0. The Balaban J connectivity index is 1.37. The molecule has 6 nitrogen and oxygen atoms in total. The molecule has 4 aromatic rings. The van der Waals surface area contributed by atoms with Gasteiger partial charge >= 0.3 is 0 Å². The van der Waals surface area contributed by atoms with Gasteiger partial charge in [-0.1, -0.05) is 66.7 Å². The Labute approximate surface area is 206 Å². The Morgan fingerprint density at radius 1 is 0.857 bits per heavy atom. The monoisotopic (exact) mass is 468 g/mol. The minimum absolute atomic E-state index is 0.0284. The van der Waals surface area contributed by atoms with Crippen LogP contribution in [0.1, 0.15) is 25.2 Å². The summed E-state index contributed by atoms with van der Waals surface area (Å²) < 4.78 is 1.98. The van der Waals surface area contributed by atoms with Gasteiger partial charge in [0.2, 0.25) is 11.8 Å². The van der Waals surface area contributed by atoms with Gasteiger partial charge in [0.05, 0.1) is 17.5 Å². The molecule has 0 saturated carbocycles. The van der Waals surface area contributed by atoms with Gasteiger partial charge < -0.3 is 14.8 Å². The lowest BCUT2D eigenvalue weighted by Crippen LogP contribution is -2.34. The van der Waals surface area contributed by atoms with Crippen molar-refractivity contribution in [1.82, 2.24) is 19.8 Å². The van der Waals surface area contributed by atoms with Crippen LogP contribution in [0.25, 0.3) is 22.2 Å². The van der Waals surface area contributed by atoms with E-state index >= 15 is 0 Å². The number of hydrogen-bond acceptors (Lipinski definition) is 3. The third kappa shape index (κ3) is 5.96. The fourth-order valence-electron chi connectivity index (χ4n) is 4.31. The van der Waals surface area contributed by atoms with Crippen molar-refractivity contribution < 1.29 is 9.59 Å². The van der Waals surface area contributed by atoms with Crippen molar-refractivity contribution in [2.75, 3.05) is 19.6 Å². The van der Waals surface area contributed by atoms with Crippen LogP contribution in [-0.2, 0) is 29.0 Å². The quantitative estimate of drug-likeness (QED) is 0.373. The zero-order chi connectivity index (χ0) is 24.6. The van der Waals surface area contributed by atoms with Crippen molar-refractivity contribution in [3.63, 3.8) is 0 Å². The molecular weight excluding hydrogens is 436 g/mol. The second-order valence-corrected chi connectivity index (χ2v) is 8.51. The highest BCUT2D eigenvalue weighted by atomic mass is 16.2. The Bertz CT molecular complexity index is 1280. The Kier molecular flexibility index (Phi) is 7.93. The maximum absolute atomic E-state index is 12.8. The number of amides is 2. The molecule has 3 aromatic carbocycles. The second-order valence-electron chi connectivity index (χ2n) is 8.51. The molecule has 0 aliphatic carbocycles. The summed E-state index contributed by atoms with van der Waals surface area (Å²) in [5.41, 5.74) is 5.06. The van der Waals surface area contributed by atoms with E-state index in [0.717, 1.165) is 33.5 Å². The van der Waals surface area contributed by atoms with Gasteiger partial charge in [-0.25, -0.2) is 4.98 Å². The number of fused-ring (bicyclic) bond motifs is 1. The van der Waals surface area contributed by atoms with Gasteiger partial charge in [0.25, 0.3) is 0 Å². The molecule has 0 atom stereocenters. The number of nitrogens with zero attached hydrogens (tertiary/aromatic N) is 3. The van der Waals surface area contributed by atoms with E-state index in [-0.39, 0.29) is 18.4 Å². The predicted molar refractivity (Wildman–Crippen MR) is 140 cm³/mol. The van der Waals surface area contributed by atoms with E-state index in [9.17, 15) is 9.59 Å². The third-order valence-corrected chi connectivity index (χ3v) is 6.24. The standard InChI is InChI=1S/C29H32N4O2/c1-3-32(4-2)29(35)21-33-26-13-9-8-12-25(26)31-27(33)18-19-30-28(34)20-22-14-16-24(17-15-22)23-10-6-5-7-11-23/h5-17H,3-4,18-21H2,1-2H3,(H,30,34). The predicted octanol–water partition coefficient (Wildman–Crippen LogP) is 4.47. The molecule has 0 radical (unpaired) electrons. The first-order valence-electron chi connectivity index (χ1n) is 12.2. The van der Waals surface area contributed by atoms with Gasteiger partial charge in [-0.05, 0) is 42.7 Å². The van der Waals surface area contributed by atoms with Crippen LogP contribution in [0.15, 0.2) is 78.9 Å². The minimum Gasteiger partial charge on any atom is -0.355 e. The number of hydrogen-bond donors (Lipinski definition) is 1. The van der Waals surface area contributed by atoms with E-state index in [1.165, 1.54) is 0 Å². The largest absolute Gasteiger partial charge is 0.355 e. The van der Waals surface area contributed by atoms with E-state index in [2.05, 4.69) is 17.4 Å². The Hall–Kier alpha value is -3.93. The van der Waals surface area contributed by atoms with Crippen molar-refractivity contribution in [2.24, 2.45) is 0 Å². The lowest BCUT2D eigenvalue weighted by molar-refractivity contribution is -0.131. The molecule has 0 unspecified atom stereocenters. The van der Waals surface area contributed by atoms with Crippen LogP contribution in [0, 0.1) is 0 Å². The highest BCUT2D eigenvalue weighted by Crippen LogP contribution is 2.20. The number of para-hydroxylation sites is 2. The number of nitrogens with one attached hydrogen (secondary N) is 1. The van der Waals surface area contributed by atoms with Crippen LogP contribution in [-0.4, -0.2) is 45.9 Å². The molecule has 180 valence electrons. The maximum Gasteiger partial charge on any atom is 0.242 e. The van der Waals surface area contributed by atoms with Crippen LogP contribution < -0.4 is 5.32 Å². The fraction of sp³-hybridized carbons (Fsp3) is 0.276. The van der Waals surface area contributed by atoms with E-state index < -0.39 is 0 Å². The average molecular weight is 469 g/mol. The van der Waals surface area contributed by atoms with Crippen molar-refractivity contribution in [3.8, 4) is 11.1 Å². The third-order valence-electron chi connectivity index (χ3n) is 6.24. The first kappa shape index (κ1) is 24.2. The number of aromatic nitrogens is 2. The van der Waals surface area contributed by atoms with E-state index in [1.807, 2.05) is 90.0 Å². The van der Waals surface area contributed by atoms with Crippen LogP contribution in [0.5, 0.6) is 0 Å². The lowest BCUT2D eigenvalue weighted by atomic mass is 10.0. The summed E-state index contributed by atoms with van der Waals surface area (Å²) in [6, 6.07) is 26.1. The molecule has 1 aromatic heterocycles. The highest BCUT2D eigenvalue weighted by molar-refractivity contribution is 5.81. The van der Waals surface area contributed by atoms with Crippen LogP contribution >= 0.6 is 0 Å². The van der Waals surface area contributed by atoms with Crippen LogP contribution in [0.4, 0.5) is 0 Å². The van der Waals surface area contributed by atoms with E-state index in [4.69, 9.17) is 4.98 Å². The molecule has 1 N–H and O–H groups in total. The Morgan fingerprint density at radius 3 is 2.23 bits per heavy atom. The molecule has 0 saturated heterocycles. The van der Waals surface area contributed by atoms with Crippen LogP contribution in [0.3, 0.4) is 0 Å². The van der Waals surface area contributed by atoms with Crippen molar-refractivity contribution in [2.45, 2.75) is 33.2 Å². The molecule has 0 aliphatic heterocycles. The van der Waals surface area contributed by atoms with Crippen molar-refractivity contribution in [3.05, 3.63) is 90.3 Å². The van der Waals surface area contributed by atoms with E-state index in [0.29, 0.717) is 32.5 Å². The van der Waals surface area contributed by atoms with E-state index in [1.54, 1.807) is 0 Å². The number of carbonyl (C=O) groups is 2. The normalized spacial score (nSPS) is 10.9. The molecule has 0 aliphatic rings. The van der Waals surface area contributed by atoms with Crippen molar-refractivity contribution in [1.29, 1.82) is 0 Å². The van der Waals surface area contributed by atoms with Gasteiger partial charge in [0.1, 0.15) is 12.4 Å². The van der Waals surface area contributed by atoms with Gasteiger partial charge in [0.15, 0.2) is 0 Å². The molecule has 6 heteroatoms. The minimum atomic E-state index is -0.0284. The maximum atomic E-state index is 12.8. The second kappa shape index (κ2) is 11.5. The average Bonchev–Trinajstić information content (AvgIpc) is 3.23. The molecule has 0 bridgehead atoms. The van der Waals surface area contributed by atoms with Crippen LogP contribution in [0.2, 0.25) is 0 Å². The summed E-state index contributed by atoms with van der Waals surface area (Å²) in [5.74, 6) is 0.848. The Morgan fingerprint density at radius 2 is 1.51 bits per heavy atom. The van der Waals surface area contributed by atoms with Gasteiger partial charge in [-0.3, -0.25) is 9.59 Å². The van der Waals surface area contributed by atoms with Gasteiger partial charge in [-0.15, -0.1) is 0 Å². The highest BCUT2D eigenvalue weighted by Gasteiger charge is 2.16. The summed E-state index contributed by atoms with van der Waals surface area (Å²) in [5, 5.41) is 3.01. The SMILES string of the molecule is CCN(CC)C(=O)Cn1c(CCNC(=O)Cc2ccc(-c3ccccc3)cc2)nc2ccccc21. The first-order valence-corrected chi connectivity index (χ1v) is 12.2. The summed E-state index contributed by atoms with van der Waals surface area (Å²) in [4.78, 5) is 31.9. The molecule has 35 heavy (non-hydrogen) atoms. The summed E-state index contributed by atoms with van der Waals surface area (Å²) in [6.45, 7) is 6.04. The zero-order valence-electron chi connectivity index (χ0n) is 20.4. The number of carbonyl (C=O) groups excluding carboxylic acids is 2. The van der Waals surface area contributed by atoms with Gasteiger partial charge in [-0.2, -0.15) is 0 Å². The topological polar surface area (TPSA) is 67.2 Å². The molecule has 4 rings (SSSR count). The molecule has 2 amide bonds. The fourth-order valence-corrected chi connectivity index (χ4v) is 4.31. The number of likely N-dealkylation sites (N-methyl/N-ethyl adjacent to an activating group) is 1. The smallest absolute Gasteiger partial charge is 0.242 e. The molecule has 0 spiro atoms. The first-order chi connectivity index (χ1) is 17.1. The summed E-state index contributed by atoms with van der Waals surface area (Å²) >= 11 is 0. The number of imidazole rings is 1.